The van der Waals surface area contributed by atoms with Crippen LogP contribution in [0.5, 0.6) is 0 Å². The van der Waals surface area contributed by atoms with Gasteiger partial charge in [0.15, 0.2) is 40.9 Å². The number of nitrogens with zero attached hydrogens (tertiary/aromatic N) is 2. The van der Waals surface area contributed by atoms with E-state index in [1.807, 2.05) is 13.8 Å². The van der Waals surface area contributed by atoms with Crippen LogP contribution < -0.4 is 10.6 Å². The Kier molecular flexibility index (Phi) is 19.2. The fraction of sp³-hybridized carbons (Fsp3) is 0.510. The second-order valence-corrected chi connectivity index (χ2v) is 22.3. The van der Waals surface area contributed by atoms with E-state index >= 15 is 0 Å². The van der Waals surface area contributed by atoms with Crippen molar-refractivity contribution in [1.29, 1.82) is 0 Å². The van der Waals surface area contributed by atoms with Gasteiger partial charge in [-0.2, -0.15) is 26.3 Å². The third-order valence-corrected chi connectivity index (χ3v) is 14.9. The number of aromatic nitrogens is 2. The van der Waals surface area contributed by atoms with E-state index in [0.29, 0.717) is 11.1 Å². The van der Waals surface area contributed by atoms with Crippen molar-refractivity contribution < 1.29 is 63.0 Å². The molecule has 2 aliphatic rings. The minimum atomic E-state index is -4.84. The number of benzene rings is 2. The quantitative estimate of drug-likeness (QED) is 0.0657. The summed E-state index contributed by atoms with van der Waals surface area (Å²) in [5.41, 5.74) is -4.98. The van der Waals surface area contributed by atoms with Crippen molar-refractivity contribution in [2.75, 3.05) is 22.1 Å². The van der Waals surface area contributed by atoms with Gasteiger partial charge in [-0.1, -0.05) is 77.9 Å². The molecule has 2 heterocycles. The third-order valence-electron chi connectivity index (χ3n) is 11.3. The summed E-state index contributed by atoms with van der Waals surface area (Å²) < 4.78 is 130. The topological polar surface area (TPSA) is 193 Å². The number of hydrogen-bond acceptors (Lipinski definition) is 10. The van der Waals surface area contributed by atoms with Crippen LogP contribution >= 0.6 is 0 Å². The molecule has 2 amide bonds. The standard InChI is InChI=1S/C24H29F3N2O4S.C23H27F3N2O4S.C2H6/c1-16(2)11-12-23(31,24(25,26)27)19-6-8-20(9-7-19)29-21(30)13-18-5-10-22(28-14-18)34(32,33)15-17-3-4-17;1-15(2)12-22(30,23(24,25)26)18-6-8-19(9-7-18)28-20(29)11-17-5-10-21(27-13-17)33(31,32)14-16-3-4-16;1-2/h5-10,14,16-17,31H,3-4,11-13,15H2,1-2H3,(H,29,30);5-10,13,15-16,30H,3-4,11-12,14H2,1-2H3,(H,28,29);1-2H3. The highest BCUT2D eigenvalue weighted by Crippen LogP contribution is 2.45. The van der Waals surface area contributed by atoms with E-state index in [-0.39, 0.29) is 87.0 Å². The molecule has 2 atom stereocenters. The van der Waals surface area contributed by atoms with Crippen LogP contribution in [0, 0.1) is 23.7 Å². The Hall–Kier alpha value is -4.92. The lowest BCUT2D eigenvalue weighted by molar-refractivity contribution is -0.272. The van der Waals surface area contributed by atoms with Crippen LogP contribution in [0.2, 0.25) is 0 Å². The smallest absolute Gasteiger partial charge is 0.376 e. The molecule has 0 bridgehead atoms. The number of hydrogen-bond donors (Lipinski definition) is 4. The number of alkyl halides is 6. The Morgan fingerprint density at radius 1 is 0.594 bits per heavy atom. The van der Waals surface area contributed by atoms with Gasteiger partial charge < -0.3 is 20.8 Å². The molecule has 6 rings (SSSR count). The molecule has 12 nitrogen and oxygen atoms in total. The molecule has 0 saturated heterocycles. The predicted molar refractivity (Wildman–Crippen MR) is 250 cm³/mol. The fourth-order valence-electron chi connectivity index (χ4n) is 7.13. The minimum absolute atomic E-state index is 0.00528. The Morgan fingerprint density at radius 3 is 1.25 bits per heavy atom. The number of carbonyl (C=O) groups excluding carboxylic acids is 2. The number of halogens is 6. The Bertz CT molecular complexity index is 2530. The SMILES string of the molecule is CC.CC(C)CC(O)(c1ccc(NC(=O)Cc2ccc(S(=O)(=O)CC3CC3)nc2)cc1)C(F)(F)F.CC(C)CCC(O)(c1ccc(NC(=O)Cc2ccc(S(=O)(=O)CC3CC3)nc2)cc1)C(F)(F)F. The molecule has 0 spiro atoms. The molecule has 4 N–H and O–H groups in total. The first kappa shape index (κ1) is 56.7. The molecule has 4 aromatic rings. The van der Waals surface area contributed by atoms with Gasteiger partial charge in [0.2, 0.25) is 11.8 Å². The van der Waals surface area contributed by atoms with E-state index in [0.717, 1.165) is 49.9 Å². The van der Waals surface area contributed by atoms with Gasteiger partial charge in [0, 0.05) is 23.8 Å². The van der Waals surface area contributed by atoms with E-state index in [1.165, 1.54) is 60.9 Å². The molecule has 69 heavy (non-hydrogen) atoms. The summed E-state index contributed by atoms with van der Waals surface area (Å²) >= 11 is 0. The van der Waals surface area contributed by atoms with Gasteiger partial charge in [0.1, 0.15) is 0 Å². The lowest BCUT2D eigenvalue weighted by Crippen LogP contribution is -2.43. The number of amides is 2. The average Bonchev–Trinajstić information content (AvgIpc) is 4.22. The van der Waals surface area contributed by atoms with Crippen molar-refractivity contribution in [2.24, 2.45) is 23.7 Å². The van der Waals surface area contributed by atoms with E-state index in [1.54, 1.807) is 27.7 Å². The monoisotopic (exact) mass is 1010 g/mol. The van der Waals surface area contributed by atoms with Gasteiger partial charge in [0.05, 0.1) is 24.3 Å². The van der Waals surface area contributed by atoms with Crippen LogP contribution in [0.15, 0.2) is 95.2 Å². The first-order chi connectivity index (χ1) is 32.1. The molecule has 0 aliphatic heterocycles. The maximum atomic E-state index is 13.6. The van der Waals surface area contributed by atoms with Crippen molar-refractivity contribution in [3.8, 4) is 0 Å². The summed E-state index contributed by atoms with van der Waals surface area (Å²) in [5.74, 6) is -0.709. The van der Waals surface area contributed by atoms with Crippen molar-refractivity contribution in [3.05, 3.63) is 107 Å². The van der Waals surface area contributed by atoms with Gasteiger partial charge in [-0.05, 0) is 127 Å². The first-order valence-electron chi connectivity index (χ1n) is 22.8. The molecule has 0 radical (unpaired) electrons. The highest BCUT2D eigenvalue weighted by Gasteiger charge is 2.55. The summed E-state index contributed by atoms with van der Waals surface area (Å²) in [6, 6.07) is 15.6. The summed E-state index contributed by atoms with van der Waals surface area (Å²) in [4.78, 5) is 32.6. The third kappa shape index (κ3) is 16.3. The predicted octanol–water partition coefficient (Wildman–Crippen LogP) is 9.90. The molecule has 2 aromatic heterocycles. The zero-order valence-electron chi connectivity index (χ0n) is 39.5. The molecular formula is C49H62F6N4O8S2. The molecule has 20 heteroatoms. The second-order valence-electron chi connectivity index (χ2n) is 18.3. The van der Waals surface area contributed by atoms with Crippen LogP contribution in [0.1, 0.15) is 109 Å². The summed E-state index contributed by atoms with van der Waals surface area (Å²) in [7, 11) is -6.88. The van der Waals surface area contributed by atoms with E-state index in [9.17, 15) is 63.0 Å². The Balaban J connectivity index is 0.000000290. The molecule has 2 aliphatic carbocycles. The summed E-state index contributed by atoms with van der Waals surface area (Å²) in [5, 5.41) is 25.9. The number of pyridine rings is 2. The molecule has 2 aromatic carbocycles. The van der Waals surface area contributed by atoms with Crippen LogP contribution in [0.4, 0.5) is 37.7 Å². The first-order valence-corrected chi connectivity index (χ1v) is 26.1. The van der Waals surface area contributed by atoms with Gasteiger partial charge in [0.25, 0.3) is 0 Å². The highest BCUT2D eigenvalue weighted by molar-refractivity contribution is 7.91. The number of anilines is 2. The number of rotatable bonds is 19. The maximum Gasteiger partial charge on any atom is 0.421 e. The summed E-state index contributed by atoms with van der Waals surface area (Å²) in [6.07, 6.45) is -4.29. The molecular weight excluding hydrogens is 951 g/mol. The molecule has 2 saturated carbocycles. The van der Waals surface area contributed by atoms with Gasteiger partial charge in [-0.3, -0.25) is 9.59 Å². The number of sulfone groups is 2. The van der Waals surface area contributed by atoms with E-state index < -0.39 is 67.9 Å². The van der Waals surface area contributed by atoms with Gasteiger partial charge in [-0.15, -0.1) is 0 Å². The van der Waals surface area contributed by atoms with Crippen LogP contribution in [-0.2, 0) is 53.3 Å². The zero-order chi connectivity index (χ0) is 51.6. The molecule has 380 valence electrons. The number of carbonyl (C=O) groups is 2. The minimum Gasteiger partial charge on any atom is -0.376 e. The van der Waals surface area contributed by atoms with Crippen molar-refractivity contribution in [3.63, 3.8) is 0 Å². The Labute approximate surface area is 400 Å². The number of aliphatic hydroxyl groups is 2. The maximum absolute atomic E-state index is 13.6. The lowest BCUT2D eigenvalue weighted by Gasteiger charge is -2.32. The summed E-state index contributed by atoms with van der Waals surface area (Å²) in [6.45, 7) is 10.8. The zero-order valence-corrected chi connectivity index (χ0v) is 41.1. The van der Waals surface area contributed by atoms with Crippen LogP contribution in [0.25, 0.3) is 0 Å². The van der Waals surface area contributed by atoms with Crippen molar-refractivity contribution in [2.45, 2.75) is 133 Å². The molecule has 2 unspecified atom stereocenters. The van der Waals surface area contributed by atoms with Crippen molar-refractivity contribution >= 4 is 42.9 Å². The highest BCUT2D eigenvalue weighted by atomic mass is 32.2. The lowest BCUT2D eigenvalue weighted by atomic mass is 9.85. The van der Waals surface area contributed by atoms with Crippen LogP contribution in [0.3, 0.4) is 0 Å². The largest absolute Gasteiger partial charge is 0.421 e. The average molecular weight is 1010 g/mol. The van der Waals surface area contributed by atoms with E-state index in [4.69, 9.17) is 0 Å². The van der Waals surface area contributed by atoms with Crippen LogP contribution in [-0.4, -0.2) is 72.7 Å². The van der Waals surface area contributed by atoms with Crippen molar-refractivity contribution in [1.82, 2.24) is 9.97 Å². The van der Waals surface area contributed by atoms with E-state index in [2.05, 4.69) is 20.6 Å². The number of nitrogens with one attached hydrogen (secondary N) is 2. The molecule has 2 fully saturated rings. The fourth-order valence-corrected chi connectivity index (χ4v) is 10.4. The van der Waals surface area contributed by atoms with Gasteiger partial charge >= 0.3 is 12.4 Å². The van der Waals surface area contributed by atoms with Gasteiger partial charge in [-0.25, -0.2) is 26.8 Å². The normalized spacial score (nSPS) is 16.0. The second kappa shape index (κ2) is 23.3. The Morgan fingerprint density at radius 2 is 0.957 bits per heavy atom.